The lowest BCUT2D eigenvalue weighted by Crippen LogP contribution is -2.65. The Hall–Kier alpha value is -3.42. The van der Waals surface area contributed by atoms with Crippen molar-refractivity contribution in [2.75, 3.05) is 19.6 Å². The number of piperazine rings is 1. The number of aromatic nitrogens is 1. The molecular weight excluding hydrogens is 552 g/mol. The first-order valence-corrected chi connectivity index (χ1v) is 14.6. The van der Waals surface area contributed by atoms with Gasteiger partial charge in [-0.1, -0.05) is 76.6 Å². The van der Waals surface area contributed by atoms with Crippen LogP contribution in [0.15, 0.2) is 83.3 Å². The van der Waals surface area contributed by atoms with Gasteiger partial charge in [0.05, 0.1) is 6.04 Å². The summed E-state index contributed by atoms with van der Waals surface area (Å²) in [4.78, 5) is 37.9. The van der Waals surface area contributed by atoms with Gasteiger partial charge < -0.3 is 14.8 Å². The average molecular weight is 584 g/mol. The number of aromatic amines is 1. The van der Waals surface area contributed by atoms with Crippen LogP contribution in [0, 0.1) is 0 Å². The van der Waals surface area contributed by atoms with Crippen LogP contribution in [0.5, 0.6) is 0 Å². The number of halogens is 1. The minimum Gasteiger partial charge on any atom is -0.356 e. The molecule has 3 aliphatic heterocycles. The van der Waals surface area contributed by atoms with E-state index in [0.29, 0.717) is 6.42 Å². The van der Waals surface area contributed by atoms with Crippen molar-refractivity contribution in [3.8, 4) is 0 Å². The fourth-order valence-corrected chi connectivity index (χ4v) is 7.27. The molecule has 4 heterocycles. The Morgan fingerprint density at radius 2 is 1.67 bits per heavy atom. The largest absolute Gasteiger partial charge is 0.356 e. The van der Waals surface area contributed by atoms with Gasteiger partial charge in [-0.05, 0) is 47.7 Å². The van der Waals surface area contributed by atoms with E-state index in [1.165, 1.54) is 5.56 Å². The first-order chi connectivity index (χ1) is 19.1. The van der Waals surface area contributed by atoms with Crippen LogP contribution in [0.3, 0.4) is 0 Å². The highest BCUT2D eigenvalue weighted by atomic mass is 79.9. The number of nitrogens with one attached hydrogen (secondary N) is 1. The molecule has 0 radical (unpaired) electrons. The highest BCUT2D eigenvalue weighted by Gasteiger charge is 2.49. The topological polar surface area (TPSA) is 59.7 Å². The molecule has 1 aromatic heterocycles. The number of rotatable bonds is 4. The number of nitrogens with zero attached hydrogens (tertiary/aromatic N) is 3. The van der Waals surface area contributed by atoms with E-state index in [0.717, 1.165) is 64.7 Å². The Balaban J connectivity index is 1.18. The second-order valence-electron chi connectivity index (χ2n) is 11.0. The number of benzene rings is 3. The van der Waals surface area contributed by atoms with Gasteiger partial charge in [-0.15, -0.1) is 0 Å². The predicted octanol–water partition coefficient (Wildman–Crippen LogP) is 5.28. The lowest BCUT2D eigenvalue weighted by atomic mass is 9.85. The fraction of sp³-hybridized carbons (Fsp3) is 0.312. The van der Waals surface area contributed by atoms with Crippen molar-refractivity contribution < 1.29 is 9.59 Å². The van der Waals surface area contributed by atoms with Gasteiger partial charge in [0.2, 0.25) is 11.8 Å². The quantitative estimate of drug-likeness (QED) is 0.356. The first-order valence-electron chi connectivity index (χ1n) is 13.8. The third-order valence-electron chi connectivity index (χ3n) is 8.70. The lowest BCUT2D eigenvalue weighted by Gasteiger charge is -2.49. The highest BCUT2D eigenvalue weighted by molar-refractivity contribution is 9.10. The van der Waals surface area contributed by atoms with E-state index >= 15 is 0 Å². The van der Waals surface area contributed by atoms with Crippen molar-refractivity contribution in [3.05, 3.63) is 106 Å². The monoisotopic (exact) mass is 582 g/mol. The standard InChI is InChI=1S/C32H31BrN4O2/c33-23-10-6-9-22(17-23)31-30-26(25-11-4-5-12-27(25)34-30)18-28-32(39)36(20-29(38)37(28)31)24-13-15-35(16-14-24)19-21-7-2-1-3-8-21/h1-12,17,24,28,31,34H,13-16,18-20H2/t28-,31+/m0/s1. The van der Waals surface area contributed by atoms with Crippen LogP contribution in [-0.2, 0) is 22.6 Å². The van der Waals surface area contributed by atoms with Crippen molar-refractivity contribution in [3.63, 3.8) is 0 Å². The minimum absolute atomic E-state index is 0.0283. The molecule has 39 heavy (non-hydrogen) atoms. The third kappa shape index (κ3) is 4.38. The molecule has 2 amide bonds. The molecule has 0 unspecified atom stereocenters. The van der Waals surface area contributed by atoms with E-state index in [4.69, 9.17) is 0 Å². The Kier molecular flexibility index (Phi) is 6.28. The molecule has 2 fully saturated rings. The smallest absolute Gasteiger partial charge is 0.246 e. The minimum atomic E-state index is -0.496. The van der Waals surface area contributed by atoms with Crippen LogP contribution < -0.4 is 0 Å². The van der Waals surface area contributed by atoms with E-state index in [2.05, 4.69) is 74.3 Å². The first kappa shape index (κ1) is 24.6. The Morgan fingerprint density at radius 1 is 0.897 bits per heavy atom. The van der Waals surface area contributed by atoms with E-state index in [1.54, 1.807) is 0 Å². The summed E-state index contributed by atoms with van der Waals surface area (Å²) in [5, 5.41) is 1.14. The fourth-order valence-electron chi connectivity index (χ4n) is 6.85. The molecular formula is C32H31BrN4O2. The molecule has 4 aromatic rings. The number of fused-ring (bicyclic) bond motifs is 4. The summed E-state index contributed by atoms with van der Waals surface area (Å²) in [6, 6.07) is 26.2. The number of amides is 2. The number of carbonyl (C=O) groups excluding carboxylic acids is 2. The normalized spacial score (nSPS) is 22.3. The van der Waals surface area contributed by atoms with Gasteiger partial charge in [0, 0.05) is 53.2 Å². The lowest BCUT2D eigenvalue weighted by molar-refractivity contribution is -0.161. The molecule has 0 aliphatic carbocycles. The van der Waals surface area contributed by atoms with E-state index in [9.17, 15) is 9.59 Å². The maximum Gasteiger partial charge on any atom is 0.246 e. The zero-order valence-electron chi connectivity index (χ0n) is 21.7. The Bertz CT molecular complexity index is 1540. The van der Waals surface area contributed by atoms with Crippen LogP contribution in [0.25, 0.3) is 10.9 Å². The van der Waals surface area contributed by atoms with Crippen molar-refractivity contribution in [2.45, 2.75) is 43.9 Å². The summed E-state index contributed by atoms with van der Waals surface area (Å²) >= 11 is 3.61. The molecule has 0 spiro atoms. The molecule has 3 aromatic carbocycles. The molecule has 2 saturated heterocycles. The van der Waals surface area contributed by atoms with Crippen molar-refractivity contribution >= 4 is 38.6 Å². The Morgan fingerprint density at radius 3 is 2.46 bits per heavy atom. The molecule has 7 heteroatoms. The number of carbonyl (C=O) groups is 2. The molecule has 0 bridgehead atoms. The highest BCUT2D eigenvalue weighted by Crippen LogP contribution is 2.43. The SMILES string of the molecule is O=C1[C@@H]2Cc3c([nH]c4ccccc34)[C@@H](c3cccc(Br)c3)N2C(=O)CN1C1CCN(Cc2ccccc2)CC1. The van der Waals surface area contributed by atoms with Gasteiger partial charge in [-0.3, -0.25) is 14.5 Å². The third-order valence-corrected chi connectivity index (χ3v) is 9.20. The number of H-pyrrole nitrogens is 1. The van der Waals surface area contributed by atoms with Crippen molar-refractivity contribution in [1.29, 1.82) is 0 Å². The number of likely N-dealkylation sites (tertiary alicyclic amines) is 1. The molecule has 198 valence electrons. The molecule has 7 rings (SSSR count). The van der Waals surface area contributed by atoms with E-state index in [1.807, 2.05) is 40.1 Å². The van der Waals surface area contributed by atoms with E-state index in [-0.39, 0.29) is 30.4 Å². The average Bonchev–Trinajstić information content (AvgIpc) is 3.33. The van der Waals surface area contributed by atoms with Crippen LogP contribution in [0.1, 0.15) is 41.3 Å². The summed E-state index contributed by atoms with van der Waals surface area (Å²) in [6.07, 6.45) is 2.33. The van der Waals surface area contributed by atoms with Crippen LogP contribution >= 0.6 is 15.9 Å². The second kappa shape index (κ2) is 9.96. The number of hydrogen-bond acceptors (Lipinski definition) is 3. The zero-order valence-corrected chi connectivity index (χ0v) is 23.3. The molecule has 0 saturated carbocycles. The maximum atomic E-state index is 14.2. The van der Waals surface area contributed by atoms with Crippen LogP contribution in [0.2, 0.25) is 0 Å². The summed E-state index contributed by atoms with van der Waals surface area (Å²) in [5.41, 5.74) is 5.54. The van der Waals surface area contributed by atoms with Gasteiger partial charge in [0.15, 0.2) is 0 Å². The van der Waals surface area contributed by atoms with Crippen molar-refractivity contribution in [2.24, 2.45) is 0 Å². The van der Waals surface area contributed by atoms with Crippen LogP contribution in [-0.4, -0.2) is 63.2 Å². The molecule has 1 N–H and O–H groups in total. The molecule has 6 nitrogen and oxygen atoms in total. The van der Waals surface area contributed by atoms with Gasteiger partial charge in [-0.2, -0.15) is 0 Å². The summed E-state index contributed by atoms with van der Waals surface area (Å²) in [6.45, 7) is 2.94. The molecule has 2 atom stereocenters. The summed E-state index contributed by atoms with van der Waals surface area (Å²) < 4.78 is 0.958. The van der Waals surface area contributed by atoms with Gasteiger partial charge in [-0.25, -0.2) is 0 Å². The summed E-state index contributed by atoms with van der Waals surface area (Å²) in [7, 11) is 0. The summed E-state index contributed by atoms with van der Waals surface area (Å²) in [5.74, 6) is 0.118. The maximum absolute atomic E-state index is 14.2. The zero-order chi connectivity index (χ0) is 26.5. The van der Waals surface area contributed by atoms with Crippen molar-refractivity contribution in [1.82, 2.24) is 19.7 Å². The number of hydrogen-bond donors (Lipinski definition) is 1. The van der Waals surface area contributed by atoms with Crippen LogP contribution in [0.4, 0.5) is 0 Å². The number of piperidine rings is 1. The van der Waals surface area contributed by atoms with E-state index < -0.39 is 6.04 Å². The molecule has 3 aliphatic rings. The second-order valence-corrected chi connectivity index (χ2v) is 11.9. The predicted molar refractivity (Wildman–Crippen MR) is 155 cm³/mol. The van der Waals surface area contributed by atoms with Gasteiger partial charge >= 0.3 is 0 Å². The number of para-hydroxylation sites is 1. The van der Waals surface area contributed by atoms with Gasteiger partial charge in [0.1, 0.15) is 12.6 Å². The Labute approximate surface area is 236 Å². The van der Waals surface area contributed by atoms with Gasteiger partial charge in [0.25, 0.3) is 0 Å².